The molecule has 8 aromatic rings. The van der Waals surface area contributed by atoms with E-state index in [1.807, 2.05) is 0 Å². The second-order valence-corrected chi connectivity index (χ2v) is 14.9. The lowest BCUT2D eigenvalue weighted by molar-refractivity contribution is 0.659. The van der Waals surface area contributed by atoms with Crippen LogP contribution in [0.4, 0.5) is 0 Å². The van der Waals surface area contributed by atoms with Crippen molar-refractivity contribution in [2.24, 2.45) is 4.99 Å². The highest BCUT2D eigenvalue weighted by atomic mass is 15.1. The molecule has 3 nitrogen and oxygen atoms in total. The third-order valence-electron chi connectivity index (χ3n) is 11.5. The quantitative estimate of drug-likeness (QED) is 0.192. The first-order chi connectivity index (χ1) is 26.0. The first-order valence-electron chi connectivity index (χ1n) is 18.5. The van der Waals surface area contributed by atoms with Gasteiger partial charge in [0.05, 0.1) is 11.0 Å². The molecule has 0 fully saturated rings. The van der Waals surface area contributed by atoms with Crippen molar-refractivity contribution in [3.05, 3.63) is 203 Å². The van der Waals surface area contributed by atoms with E-state index < -0.39 is 0 Å². The zero-order chi connectivity index (χ0) is 35.7. The Morgan fingerprint density at radius 2 is 1.19 bits per heavy atom. The molecule has 0 saturated heterocycles. The van der Waals surface area contributed by atoms with Crippen molar-refractivity contribution < 1.29 is 0 Å². The first kappa shape index (κ1) is 31.3. The summed E-state index contributed by atoms with van der Waals surface area (Å²) in [6.07, 6.45) is 0. The van der Waals surface area contributed by atoms with Crippen molar-refractivity contribution in [2.75, 3.05) is 0 Å². The minimum Gasteiger partial charge on any atom is -0.339 e. The molecule has 1 aliphatic heterocycles. The third-order valence-corrected chi connectivity index (χ3v) is 11.5. The maximum atomic E-state index is 5.49. The molecule has 0 radical (unpaired) electrons. The van der Waals surface area contributed by atoms with Gasteiger partial charge in [-0.05, 0) is 93.4 Å². The highest BCUT2D eigenvalue weighted by Gasteiger charge is 2.39. The summed E-state index contributed by atoms with van der Waals surface area (Å²) in [6, 6.07) is 61.4. The Bertz CT molecular complexity index is 2770. The smallest absolute Gasteiger partial charge is 0.133 e. The van der Waals surface area contributed by atoms with Gasteiger partial charge in [0.15, 0.2) is 0 Å². The number of hydrogen-bond donors (Lipinski definition) is 1. The van der Waals surface area contributed by atoms with Gasteiger partial charge in [0.2, 0.25) is 0 Å². The van der Waals surface area contributed by atoms with Crippen LogP contribution in [0.15, 0.2) is 180 Å². The van der Waals surface area contributed by atoms with Crippen LogP contribution < -0.4 is 5.32 Å². The number of amidine groups is 1. The molecule has 0 amide bonds. The van der Waals surface area contributed by atoms with Crippen molar-refractivity contribution in [1.29, 1.82) is 0 Å². The highest BCUT2D eigenvalue weighted by molar-refractivity contribution is 6.10. The predicted octanol–water partition coefficient (Wildman–Crippen LogP) is 12.3. The average Bonchev–Trinajstić information content (AvgIpc) is 3.67. The number of benzene rings is 7. The Balaban J connectivity index is 1.15. The molecule has 254 valence electrons. The highest BCUT2D eigenvalue weighted by Crippen LogP contribution is 2.53. The fraction of sp³-hybridized carbons (Fsp3) is 0.100. The van der Waals surface area contributed by atoms with Gasteiger partial charge in [-0.25, -0.2) is 0 Å². The first-order valence-corrected chi connectivity index (χ1v) is 18.5. The van der Waals surface area contributed by atoms with Crippen LogP contribution >= 0.6 is 0 Å². The minimum absolute atomic E-state index is 0.148. The van der Waals surface area contributed by atoms with Crippen LogP contribution in [0.3, 0.4) is 0 Å². The lowest BCUT2D eigenvalue weighted by Gasteiger charge is -2.29. The average molecular weight is 682 g/mol. The lowest BCUT2D eigenvalue weighted by Crippen LogP contribution is -2.29. The second kappa shape index (κ2) is 12.1. The van der Waals surface area contributed by atoms with Gasteiger partial charge in [-0.2, -0.15) is 0 Å². The maximum Gasteiger partial charge on any atom is 0.133 e. The van der Waals surface area contributed by atoms with Gasteiger partial charge in [0.25, 0.3) is 0 Å². The zero-order valence-corrected chi connectivity index (χ0v) is 30.1. The van der Waals surface area contributed by atoms with E-state index in [1.54, 1.807) is 0 Å². The largest absolute Gasteiger partial charge is 0.339 e. The summed E-state index contributed by atoms with van der Waals surface area (Å²) in [5, 5.41) is 6.26. The Morgan fingerprint density at radius 1 is 0.547 bits per heavy atom. The van der Waals surface area contributed by atoms with E-state index >= 15 is 0 Å². The maximum absolute atomic E-state index is 5.49. The van der Waals surface area contributed by atoms with Gasteiger partial charge >= 0.3 is 0 Å². The predicted molar refractivity (Wildman–Crippen MR) is 222 cm³/mol. The molecule has 2 aliphatic rings. The van der Waals surface area contributed by atoms with E-state index in [2.05, 4.69) is 201 Å². The number of hydrogen-bond acceptors (Lipinski definition) is 2. The topological polar surface area (TPSA) is 29.3 Å². The molecule has 2 heterocycles. The van der Waals surface area contributed by atoms with Gasteiger partial charge in [0.1, 0.15) is 11.9 Å². The molecular weight excluding hydrogens is 643 g/mol. The van der Waals surface area contributed by atoms with E-state index in [9.17, 15) is 0 Å². The van der Waals surface area contributed by atoms with Crippen molar-refractivity contribution >= 4 is 33.3 Å². The summed E-state index contributed by atoms with van der Waals surface area (Å²) >= 11 is 0. The Labute approximate surface area is 310 Å². The summed E-state index contributed by atoms with van der Waals surface area (Å²) < 4.78 is 2.38. The van der Waals surface area contributed by atoms with Crippen LogP contribution in [0, 0.1) is 0 Å². The molecule has 0 bridgehead atoms. The number of rotatable bonds is 5. The van der Waals surface area contributed by atoms with Gasteiger partial charge in [-0.3, -0.25) is 4.99 Å². The summed E-state index contributed by atoms with van der Waals surface area (Å²) in [7, 11) is 0. The van der Waals surface area contributed by atoms with Crippen molar-refractivity contribution in [1.82, 2.24) is 9.88 Å². The molecule has 1 unspecified atom stereocenters. The van der Waals surface area contributed by atoms with Crippen LogP contribution in [-0.4, -0.2) is 10.4 Å². The number of para-hydroxylation sites is 2. The third kappa shape index (κ3) is 4.92. The lowest BCUT2D eigenvalue weighted by atomic mass is 9.81. The van der Waals surface area contributed by atoms with Gasteiger partial charge in [-0.15, -0.1) is 0 Å². The fourth-order valence-electron chi connectivity index (χ4n) is 8.81. The molecule has 0 saturated carbocycles. The van der Waals surface area contributed by atoms with E-state index in [4.69, 9.17) is 4.99 Å². The van der Waals surface area contributed by atoms with Crippen molar-refractivity contribution in [2.45, 2.75) is 32.2 Å². The Morgan fingerprint density at radius 3 is 1.96 bits per heavy atom. The molecular formula is C50H39N3. The molecule has 1 atom stereocenters. The summed E-state index contributed by atoms with van der Waals surface area (Å²) in [5.74, 6) is 0.895. The zero-order valence-electron chi connectivity index (χ0n) is 30.1. The van der Waals surface area contributed by atoms with E-state index in [1.165, 1.54) is 72.0 Å². The van der Waals surface area contributed by atoms with Gasteiger partial charge < -0.3 is 9.88 Å². The fourth-order valence-corrected chi connectivity index (χ4v) is 8.81. The number of nitrogens with one attached hydrogen (secondary N) is 1. The van der Waals surface area contributed by atoms with Crippen LogP contribution in [0.1, 0.15) is 54.6 Å². The molecule has 0 spiro atoms. The van der Waals surface area contributed by atoms with E-state index in [0.717, 1.165) is 22.7 Å². The normalized spacial score (nSPS) is 16.0. The Hall–Kier alpha value is -6.45. The molecule has 1 N–H and O–H groups in total. The molecule has 7 aromatic carbocycles. The molecule has 3 heteroatoms. The monoisotopic (exact) mass is 681 g/mol. The number of fused-ring (bicyclic) bond motifs is 6. The molecule has 1 aliphatic carbocycles. The molecule has 53 heavy (non-hydrogen) atoms. The summed E-state index contributed by atoms with van der Waals surface area (Å²) in [4.78, 5) is 5.49. The standard InChI is InChI=1S/C50H39N3/c1-32-47(33-16-7-4-8-17-33)51-49(34-18-9-5-10-19-34)52-48(32)39-23-15-24-43-46(39)41-31-35(26-28-42(41)50(43,2)3)36-27-29-45-40(30-36)38-22-13-14-25-44(38)53(45)37-20-11-6-12-21-37/h4-31,48H,1-3H3,(H,51,52). The van der Waals surface area contributed by atoms with Crippen LogP contribution in [0.2, 0.25) is 0 Å². The van der Waals surface area contributed by atoms with E-state index in [0.29, 0.717) is 0 Å². The summed E-state index contributed by atoms with van der Waals surface area (Å²) in [6.45, 7) is 6.97. The number of aliphatic imine (C=N–C) groups is 1. The van der Waals surface area contributed by atoms with Crippen molar-refractivity contribution in [3.8, 4) is 27.9 Å². The second-order valence-electron chi connectivity index (χ2n) is 14.9. The van der Waals surface area contributed by atoms with E-state index in [-0.39, 0.29) is 11.5 Å². The number of aromatic nitrogens is 1. The van der Waals surface area contributed by atoms with Gasteiger partial charge in [-0.1, -0.05) is 147 Å². The van der Waals surface area contributed by atoms with Crippen LogP contribution in [-0.2, 0) is 5.41 Å². The number of nitrogens with zero attached hydrogens (tertiary/aromatic N) is 2. The Kier molecular flexibility index (Phi) is 7.13. The minimum atomic E-state index is -0.150. The summed E-state index contributed by atoms with van der Waals surface area (Å²) in [5.41, 5.74) is 17.0. The molecule has 1 aromatic heterocycles. The van der Waals surface area contributed by atoms with Crippen LogP contribution in [0.5, 0.6) is 0 Å². The van der Waals surface area contributed by atoms with Crippen LogP contribution in [0.25, 0.3) is 55.4 Å². The van der Waals surface area contributed by atoms with Gasteiger partial charge in [0, 0.05) is 33.1 Å². The SMILES string of the molecule is CC1=C(c2ccccc2)NC(c2ccccc2)=NC1c1cccc2c1-c1cc(-c3ccc4c(c3)c3ccccc3n4-c3ccccc3)ccc1C2(C)C. The molecule has 10 rings (SSSR count). The van der Waals surface area contributed by atoms with Crippen molar-refractivity contribution in [3.63, 3.8) is 0 Å².